The number of fused-ring (bicyclic) bond motifs is 1. The zero-order valence-corrected chi connectivity index (χ0v) is 20.0. The standard InChI is InChI=1S/C25H33N3O2.BrH/c1-2-3-4-5-6-10-20-13-15-21(16-14-20)24(30)19-28-23-12-8-7-11-22(23)27-25(28)26-17-9-18-29;/h7-8,11-16,29H,2-6,9-10,17-19H2,1H3,(H,26,27);1H. The van der Waals surface area contributed by atoms with Gasteiger partial charge in [-0.2, -0.15) is 0 Å². The maximum Gasteiger partial charge on any atom is 0.356 e. The van der Waals surface area contributed by atoms with Crippen molar-refractivity contribution in [3.8, 4) is 0 Å². The molecular weight excluding hydrogens is 454 g/mol. The van der Waals surface area contributed by atoms with Crippen molar-refractivity contribution in [2.45, 2.75) is 58.4 Å². The third-order valence-electron chi connectivity index (χ3n) is 5.49. The fourth-order valence-corrected chi connectivity index (χ4v) is 3.74. The second kappa shape index (κ2) is 13.3. The van der Waals surface area contributed by atoms with E-state index in [1.165, 1.54) is 37.7 Å². The molecule has 0 saturated carbocycles. The van der Waals surface area contributed by atoms with Crippen molar-refractivity contribution in [3.05, 3.63) is 59.7 Å². The molecule has 0 aliphatic heterocycles. The normalized spacial score (nSPS) is 10.8. The van der Waals surface area contributed by atoms with Gasteiger partial charge in [0.1, 0.15) is 17.6 Å². The van der Waals surface area contributed by atoms with E-state index in [1.807, 2.05) is 41.0 Å². The van der Waals surface area contributed by atoms with Gasteiger partial charge in [-0.25, -0.2) is 9.55 Å². The van der Waals surface area contributed by atoms with Gasteiger partial charge < -0.3 is 22.1 Å². The summed E-state index contributed by atoms with van der Waals surface area (Å²) in [4.78, 5) is 16.3. The molecule has 6 heteroatoms. The highest BCUT2D eigenvalue weighted by Gasteiger charge is 2.20. The fraction of sp³-hybridized carbons (Fsp3) is 0.440. The van der Waals surface area contributed by atoms with Gasteiger partial charge in [0.2, 0.25) is 0 Å². The number of aliphatic hydroxyl groups is 1. The maximum absolute atomic E-state index is 13.0. The Kier molecular flexibility index (Phi) is 10.7. The third-order valence-corrected chi connectivity index (χ3v) is 5.49. The summed E-state index contributed by atoms with van der Waals surface area (Å²) in [5.74, 6) is 0.881. The number of para-hydroxylation sites is 2. The van der Waals surface area contributed by atoms with Gasteiger partial charge in [0.05, 0.1) is 6.54 Å². The quantitative estimate of drug-likeness (QED) is 0.195. The minimum absolute atomic E-state index is 0. The summed E-state index contributed by atoms with van der Waals surface area (Å²) in [7, 11) is 0. The fourth-order valence-electron chi connectivity index (χ4n) is 3.74. The van der Waals surface area contributed by atoms with E-state index in [4.69, 9.17) is 5.11 Å². The molecule has 0 unspecified atom stereocenters. The number of Topliss-reactive ketones (excluding diaryl/α,β-unsaturated/α-hetero) is 1. The molecule has 3 aromatic rings. The number of halogens is 1. The van der Waals surface area contributed by atoms with E-state index in [-0.39, 0.29) is 35.9 Å². The summed E-state index contributed by atoms with van der Waals surface area (Å²) in [6.07, 6.45) is 8.11. The van der Waals surface area contributed by atoms with Gasteiger partial charge in [0.25, 0.3) is 0 Å². The van der Waals surface area contributed by atoms with Gasteiger partial charge in [-0.3, -0.25) is 10.1 Å². The van der Waals surface area contributed by atoms with Gasteiger partial charge >= 0.3 is 5.95 Å². The number of hydrogen-bond donors (Lipinski definition) is 3. The van der Waals surface area contributed by atoms with E-state index in [0.717, 1.165) is 29.0 Å². The van der Waals surface area contributed by atoms with Crippen LogP contribution in [0.1, 0.15) is 61.4 Å². The molecule has 0 aliphatic rings. The molecule has 0 radical (unpaired) electrons. The maximum atomic E-state index is 13.0. The van der Waals surface area contributed by atoms with Crippen LogP contribution in [0.5, 0.6) is 0 Å². The van der Waals surface area contributed by atoms with Crippen LogP contribution in [0.2, 0.25) is 0 Å². The summed E-state index contributed by atoms with van der Waals surface area (Å²) in [5.41, 5.74) is 4.01. The lowest BCUT2D eigenvalue weighted by atomic mass is 10.0. The average Bonchev–Trinajstić information content (AvgIpc) is 3.11. The van der Waals surface area contributed by atoms with E-state index in [1.54, 1.807) is 0 Å². The largest absolute Gasteiger partial charge is 1.00 e. The van der Waals surface area contributed by atoms with Gasteiger partial charge in [0.15, 0.2) is 5.78 Å². The molecule has 2 aromatic carbocycles. The second-order valence-electron chi connectivity index (χ2n) is 7.87. The molecule has 0 atom stereocenters. The molecule has 0 saturated heterocycles. The first-order valence-electron chi connectivity index (χ1n) is 11.2. The Balaban J connectivity index is 0.00000341. The van der Waals surface area contributed by atoms with Crippen molar-refractivity contribution < 1.29 is 31.4 Å². The lowest BCUT2D eigenvalue weighted by molar-refractivity contribution is -0.642. The molecule has 168 valence electrons. The van der Waals surface area contributed by atoms with Crippen LogP contribution in [0.3, 0.4) is 0 Å². The van der Waals surface area contributed by atoms with Gasteiger partial charge in [-0.15, -0.1) is 0 Å². The first kappa shape index (κ1) is 25.1. The Bertz CT molecular complexity index is 938. The number of aliphatic hydroxyl groups excluding tert-OH is 1. The number of aromatic nitrogens is 2. The van der Waals surface area contributed by atoms with Crippen molar-refractivity contribution in [1.29, 1.82) is 0 Å². The van der Waals surface area contributed by atoms with Crippen molar-refractivity contribution in [2.24, 2.45) is 0 Å². The minimum Gasteiger partial charge on any atom is -1.00 e. The highest BCUT2D eigenvalue weighted by Crippen LogP contribution is 2.14. The topological polar surface area (TPSA) is 69.0 Å². The van der Waals surface area contributed by atoms with Crippen LogP contribution >= 0.6 is 0 Å². The van der Waals surface area contributed by atoms with Crippen molar-refractivity contribution >= 4 is 22.8 Å². The van der Waals surface area contributed by atoms with Crippen molar-refractivity contribution in [2.75, 3.05) is 18.5 Å². The number of nitrogens with zero attached hydrogens (tertiary/aromatic N) is 1. The summed E-state index contributed by atoms with van der Waals surface area (Å²) < 4.78 is 1.98. The Morgan fingerprint density at radius 2 is 1.74 bits per heavy atom. The number of carbonyl (C=O) groups is 1. The number of anilines is 1. The van der Waals surface area contributed by atoms with Crippen LogP contribution < -0.4 is 26.9 Å². The number of rotatable bonds is 13. The smallest absolute Gasteiger partial charge is 0.356 e. The highest BCUT2D eigenvalue weighted by molar-refractivity contribution is 5.95. The van der Waals surface area contributed by atoms with Crippen molar-refractivity contribution in [1.82, 2.24) is 4.98 Å². The van der Waals surface area contributed by atoms with E-state index in [0.29, 0.717) is 13.0 Å². The number of ketones is 1. The SMILES string of the molecule is CCCCCCCc1ccc(C(=O)C[n+]2c(NCCCO)[nH]c3ccccc32)cc1.[Br-]. The van der Waals surface area contributed by atoms with Crippen LogP contribution in [-0.4, -0.2) is 29.0 Å². The Morgan fingerprint density at radius 3 is 2.48 bits per heavy atom. The number of imidazole rings is 1. The van der Waals surface area contributed by atoms with Crippen LogP contribution in [0.15, 0.2) is 48.5 Å². The van der Waals surface area contributed by atoms with Crippen LogP contribution in [0.25, 0.3) is 11.0 Å². The lowest BCUT2D eigenvalue weighted by Crippen LogP contribution is -3.00. The molecule has 0 bridgehead atoms. The van der Waals surface area contributed by atoms with Crippen LogP contribution in [-0.2, 0) is 13.0 Å². The van der Waals surface area contributed by atoms with Gasteiger partial charge in [0, 0.05) is 18.6 Å². The lowest BCUT2D eigenvalue weighted by Gasteiger charge is -2.06. The molecule has 0 fully saturated rings. The molecular formula is C25H34BrN3O2. The molecule has 0 aliphatic carbocycles. The number of carbonyl (C=O) groups excluding carboxylic acids is 1. The number of H-pyrrole nitrogens is 1. The highest BCUT2D eigenvalue weighted by atomic mass is 79.9. The molecule has 3 rings (SSSR count). The van der Waals surface area contributed by atoms with E-state index in [9.17, 15) is 4.79 Å². The molecule has 0 amide bonds. The zero-order chi connectivity index (χ0) is 21.2. The monoisotopic (exact) mass is 487 g/mol. The second-order valence-corrected chi connectivity index (χ2v) is 7.87. The first-order valence-corrected chi connectivity index (χ1v) is 11.2. The predicted molar refractivity (Wildman–Crippen MR) is 122 cm³/mol. The third kappa shape index (κ3) is 7.18. The molecule has 31 heavy (non-hydrogen) atoms. The van der Waals surface area contributed by atoms with E-state index < -0.39 is 0 Å². The minimum atomic E-state index is 0. The van der Waals surface area contributed by atoms with Gasteiger partial charge in [-0.05, 0) is 30.5 Å². The number of nitrogens with one attached hydrogen (secondary N) is 2. The summed E-state index contributed by atoms with van der Waals surface area (Å²) >= 11 is 0. The number of benzene rings is 2. The number of hydrogen-bond acceptors (Lipinski definition) is 3. The summed E-state index contributed by atoms with van der Waals surface area (Å²) in [5, 5.41) is 12.4. The molecule has 1 aromatic heterocycles. The van der Waals surface area contributed by atoms with Crippen molar-refractivity contribution in [3.63, 3.8) is 0 Å². The Morgan fingerprint density at radius 1 is 1.00 bits per heavy atom. The Labute approximate surface area is 195 Å². The van der Waals surface area contributed by atoms with E-state index in [2.05, 4.69) is 29.4 Å². The molecule has 3 N–H and O–H groups in total. The zero-order valence-electron chi connectivity index (χ0n) is 18.4. The van der Waals surface area contributed by atoms with E-state index >= 15 is 0 Å². The Hall–Kier alpha value is -2.18. The number of aromatic amines is 1. The number of aryl methyl sites for hydroxylation is 1. The molecule has 0 spiro atoms. The molecule has 5 nitrogen and oxygen atoms in total. The van der Waals surface area contributed by atoms with Crippen LogP contribution in [0.4, 0.5) is 5.95 Å². The van der Waals surface area contributed by atoms with Gasteiger partial charge in [-0.1, -0.05) is 69.0 Å². The summed E-state index contributed by atoms with van der Waals surface area (Å²) in [6.45, 7) is 3.28. The predicted octanol–water partition coefficient (Wildman–Crippen LogP) is 1.65. The molecule has 1 heterocycles. The average molecular weight is 488 g/mol. The summed E-state index contributed by atoms with van der Waals surface area (Å²) in [6, 6.07) is 16.1. The van der Waals surface area contributed by atoms with Crippen LogP contribution in [0, 0.1) is 0 Å². The first-order chi connectivity index (χ1) is 14.7. The number of unbranched alkanes of at least 4 members (excludes halogenated alkanes) is 4.